The van der Waals surface area contributed by atoms with Gasteiger partial charge in [0.25, 0.3) is 0 Å². The lowest BCUT2D eigenvalue weighted by molar-refractivity contribution is 0.504. The Morgan fingerprint density at radius 2 is 1.65 bits per heavy atom. The number of hydrogen-bond donors (Lipinski definition) is 0. The highest BCUT2D eigenvalue weighted by molar-refractivity contribution is 5.37. The Hall–Kier alpha value is -3.00. The van der Waals surface area contributed by atoms with Crippen molar-refractivity contribution in [1.82, 2.24) is 20.2 Å². The van der Waals surface area contributed by atoms with E-state index in [1.807, 2.05) is 42.5 Å². The third kappa shape index (κ3) is 2.27. The van der Waals surface area contributed by atoms with Gasteiger partial charge in [-0.25, -0.2) is 0 Å². The molecule has 1 atom stereocenters. The molecule has 0 radical (unpaired) electrons. The van der Waals surface area contributed by atoms with Gasteiger partial charge in [0.05, 0.1) is 11.6 Å². The molecule has 0 aliphatic heterocycles. The average molecular weight is 261 g/mol. The van der Waals surface area contributed by atoms with Crippen LogP contribution >= 0.6 is 0 Å². The molecule has 0 aliphatic carbocycles. The summed E-state index contributed by atoms with van der Waals surface area (Å²) in [4.78, 5) is 1.57. The van der Waals surface area contributed by atoms with Gasteiger partial charge in [-0.2, -0.15) is 10.1 Å². The zero-order valence-electron chi connectivity index (χ0n) is 10.6. The highest BCUT2D eigenvalue weighted by Crippen LogP contribution is 2.24. The number of nitriles is 1. The van der Waals surface area contributed by atoms with Gasteiger partial charge in [0.2, 0.25) is 0 Å². The van der Waals surface area contributed by atoms with Crippen molar-refractivity contribution < 1.29 is 0 Å². The standard InChI is InChI=1S/C15H11N5/c16-10-12-6-8-14(9-7-12)15(20-18-11-17-19-20)13-4-2-1-3-5-13/h1-9,11,15H. The first-order valence-electron chi connectivity index (χ1n) is 6.16. The van der Waals surface area contributed by atoms with E-state index in [1.54, 1.807) is 16.9 Å². The van der Waals surface area contributed by atoms with Crippen molar-refractivity contribution >= 4 is 0 Å². The van der Waals surface area contributed by atoms with Crippen LogP contribution in [-0.4, -0.2) is 20.2 Å². The summed E-state index contributed by atoms with van der Waals surface area (Å²) in [6, 6.07) is 19.3. The van der Waals surface area contributed by atoms with E-state index in [9.17, 15) is 0 Å². The van der Waals surface area contributed by atoms with E-state index in [0.717, 1.165) is 11.1 Å². The Kier molecular flexibility index (Phi) is 3.21. The van der Waals surface area contributed by atoms with Crippen molar-refractivity contribution in [3.8, 4) is 6.07 Å². The lowest BCUT2D eigenvalue weighted by Crippen LogP contribution is -2.15. The van der Waals surface area contributed by atoms with Crippen LogP contribution in [0, 0.1) is 11.3 Å². The minimum absolute atomic E-state index is 0.147. The van der Waals surface area contributed by atoms with Crippen molar-refractivity contribution in [3.63, 3.8) is 0 Å². The average Bonchev–Trinajstić information content (AvgIpc) is 3.03. The summed E-state index contributed by atoms with van der Waals surface area (Å²) < 4.78 is 0. The van der Waals surface area contributed by atoms with E-state index < -0.39 is 0 Å². The zero-order chi connectivity index (χ0) is 13.8. The molecule has 0 N–H and O–H groups in total. The first-order chi connectivity index (χ1) is 9.88. The predicted octanol–water partition coefficient (Wildman–Crippen LogP) is 2.18. The second-order valence-corrected chi connectivity index (χ2v) is 4.30. The van der Waals surface area contributed by atoms with Gasteiger partial charge in [0, 0.05) is 0 Å². The number of aromatic nitrogens is 4. The van der Waals surface area contributed by atoms with Gasteiger partial charge < -0.3 is 0 Å². The van der Waals surface area contributed by atoms with Gasteiger partial charge in [-0.1, -0.05) is 42.5 Å². The molecular formula is C15H11N5. The fraction of sp³-hybridized carbons (Fsp3) is 0.0667. The molecule has 1 heterocycles. The molecule has 0 bridgehead atoms. The van der Waals surface area contributed by atoms with Crippen LogP contribution in [0.2, 0.25) is 0 Å². The number of tetrazole rings is 1. The van der Waals surface area contributed by atoms with Crippen LogP contribution in [0.25, 0.3) is 0 Å². The second kappa shape index (κ2) is 5.33. The van der Waals surface area contributed by atoms with Gasteiger partial charge in [-0.3, -0.25) is 0 Å². The summed E-state index contributed by atoms with van der Waals surface area (Å²) in [5.74, 6) is 0. The van der Waals surface area contributed by atoms with Crippen LogP contribution in [0.4, 0.5) is 0 Å². The molecule has 0 saturated carbocycles. The van der Waals surface area contributed by atoms with E-state index in [0.29, 0.717) is 5.56 Å². The predicted molar refractivity (Wildman–Crippen MR) is 72.7 cm³/mol. The third-order valence-electron chi connectivity index (χ3n) is 3.07. The molecule has 2 aromatic carbocycles. The van der Waals surface area contributed by atoms with Crippen molar-refractivity contribution in [3.05, 3.63) is 77.6 Å². The van der Waals surface area contributed by atoms with Gasteiger partial charge >= 0.3 is 0 Å². The van der Waals surface area contributed by atoms with Gasteiger partial charge in [0.15, 0.2) is 6.33 Å². The molecule has 5 heteroatoms. The molecule has 1 unspecified atom stereocenters. The molecule has 1 aromatic heterocycles. The lowest BCUT2D eigenvalue weighted by atomic mass is 9.98. The van der Waals surface area contributed by atoms with E-state index >= 15 is 0 Å². The maximum absolute atomic E-state index is 8.88. The summed E-state index contributed by atoms with van der Waals surface area (Å²) in [5.41, 5.74) is 2.70. The molecule has 0 amide bonds. The Bertz CT molecular complexity index is 711. The first-order valence-corrected chi connectivity index (χ1v) is 6.16. The normalized spacial score (nSPS) is 11.8. The summed E-state index contributed by atoms with van der Waals surface area (Å²) in [6.45, 7) is 0. The van der Waals surface area contributed by atoms with Gasteiger partial charge in [0.1, 0.15) is 6.04 Å². The summed E-state index contributed by atoms with van der Waals surface area (Å²) in [6.07, 6.45) is 1.42. The van der Waals surface area contributed by atoms with Gasteiger partial charge in [-0.15, -0.1) is 10.2 Å². The highest BCUT2D eigenvalue weighted by Gasteiger charge is 2.17. The Balaban J connectivity index is 2.08. The fourth-order valence-electron chi connectivity index (χ4n) is 2.13. The molecule has 0 spiro atoms. The molecule has 96 valence electrons. The third-order valence-corrected chi connectivity index (χ3v) is 3.07. The van der Waals surface area contributed by atoms with Crippen LogP contribution in [0.3, 0.4) is 0 Å². The lowest BCUT2D eigenvalue weighted by Gasteiger charge is -2.16. The molecule has 3 aromatic rings. The number of rotatable bonds is 3. The molecular weight excluding hydrogens is 250 g/mol. The SMILES string of the molecule is N#Cc1ccc(C(c2ccccc2)n2ncnn2)cc1. The summed E-state index contributed by atoms with van der Waals surface area (Å²) >= 11 is 0. The van der Waals surface area contributed by atoms with Crippen LogP contribution in [0.1, 0.15) is 22.7 Å². The van der Waals surface area contributed by atoms with Gasteiger partial charge in [-0.05, 0) is 28.5 Å². The largest absolute Gasteiger partial charge is 0.192 e. The first kappa shape index (κ1) is 12.1. The van der Waals surface area contributed by atoms with Crippen LogP contribution < -0.4 is 0 Å². The Labute approximate surface area is 116 Å². The van der Waals surface area contributed by atoms with Crippen LogP contribution in [0.15, 0.2) is 60.9 Å². The second-order valence-electron chi connectivity index (χ2n) is 4.30. The molecule has 20 heavy (non-hydrogen) atoms. The zero-order valence-corrected chi connectivity index (χ0v) is 10.6. The minimum atomic E-state index is -0.147. The number of hydrogen-bond acceptors (Lipinski definition) is 4. The van der Waals surface area contributed by atoms with Crippen LogP contribution in [0.5, 0.6) is 0 Å². The fourth-order valence-corrected chi connectivity index (χ4v) is 2.13. The molecule has 3 rings (SSSR count). The summed E-state index contributed by atoms with van der Waals surface area (Å²) in [7, 11) is 0. The Morgan fingerprint density at radius 3 is 2.25 bits per heavy atom. The smallest absolute Gasteiger partial charge is 0.162 e. The van der Waals surface area contributed by atoms with E-state index in [4.69, 9.17) is 5.26 Å². The van der Waals surface area contributed by atoms with Crippen molar-refractivity contribution in [2.24, 2.45) is 0 Å². The molecule has 0 saturated heterocycles. The molecule has 0 fully saturated rings. The number of benzene rings is 2. The maximum atomic E-state index is 8.88. The van der Waals surface area contributed by atoms with E-state index in [-0.39, 0.29) is 6.04 Å². The van der Waals surface area contributed by atoms with E-state index in [1.165, 1.54) is 6.33 Å². The minimum Gasteiger partial charge on any atom is -0.192 e. The molecule has 5 nitrogen and oxygen atoms in total. The number of nitrogens with zero attached hydrogens (tertiary/aromatic N) is 5. The van der Waals surface area contributed by atoms with Crippen molar-refractivity contribution in [2.75, 3.05) is 0 Å². The van der Waals surface area contributed by atoms with Crippen molar-refractivity contribution in [1.29, 1.82) is 5.26 Å². The molecule has 0 aliphatic rings. The quantitative estimate of drug-likeness (QED) is 0.724. The highest BCUT2D eigenvalue weighted by atomic mass is 15.6. The topological polar surface area (TPSA) is 67.4 Å². The van der Waals surface area contributed by atoms with Crippen LogP contribution in [-0.2, 0) is 0 Å². The van der Waals surface area contributed by atoms with E-state index in [2.05, 4.69) is 21.5 Å². The maximum Gasteiger partial charge on any atom is 0.162 e. The van der Waals surface area contributed by atoms with Crippen molar-refractivity contribution in [2.45, 2.75) is 6.04 Å². The monoisotopic (exact) mass is 261 g/mol. The Morgan fingerprint density at radius 1 is 0.950 bits per heavy atom. The summed E-state index contributed by atoms with van der Waals surface area (Å²) in [5, 5.41) is 20.8.